The largest absolute Gasteiger partial charge is 0.467 e. The van der Waals surface area contributed by atoms with E-state index in [1.165, 1.54) is 18.4 Å². The second kappa shape index (κ2) is 9.71. The zero-order valence-electron chi connectivity index (χ0n) is 15.8. The number of carbonyl (C=O) groups excluding carboxylic acids is 3. The summed E-state index contributed by atoms with van der Waals surface area (Å²) in [6.07, 6.45) is 1.51. The van der Waals surface area contributed by atoms with E-state index in [1.54, 1.807) is 48.5 Å². The van der Waals surface area contributed by atoms with Crippen molar-refractivity contribution in [2.75, 3.05) is 11.9 Å². The lowest BCUT2D eigenvalue weighted by molar-refractivity contribution is -0.119. The van der Waals surface area contributed by atoms with Gasteiger partial charge in [-0.15, -0.1) is 0 Å². The third kappa shape index (κ3) is 5.33. The Hall–Kier alpha value is -4.38. The van der Waals surface area contributed by atoms with Crippen LogP contribution in [-0.4, -0.2) is 24.4 Å². The summed E-state index contributed by atoms with van der Waals surface area (Å²) in [5.41, 5.74) is 1.01. The summed E-state index contributed by atoms with van der Waals surface area (Å²) < 4.78 is 10.2. The molecule has 0 saturated heterocycles. The van der Waals surface area contributed by atoms with Crippen molar-refractivity contribution in [3.8, 4) is 6.07 Å². The van der Waals surface area contributed by atoms with Gasteiger partial charge >= 0.3 is 5.97 Å². The summed E-state index contributed by atoms with van der Waals surface area (Å²) in [4.78, 5) is 36.7. The molecular formula is C22H17N3O5. The summed E-state index contributed by atoms with van der Waals surface area (Å²) in [6.45, 7) is -0.342. The van der Waals surface area contributed by atoms with Gasteiger partial charge in [0.1, 0.15) is 5.76 Å². The minimum Gasteiger partial charge on any atom is -0.467 e. The van der Waals surface area contributed by atoms with Crippen LogP contribution in [0.5, 0.6) is 0 Å². The summed E-state index contributed by atoms with van der Waals surface area (Å²) in [5.74, 6) is -1.14. The van der Waals surface area contributed by atoms with Crippen molar-refractivity contribution in [3.05, 3.63) is 89.4 Å². The Morgan fingerprint density at radius 1 is 1.03 bits per heavy atom. The molecule has 0 aliphatic rings. The molecule has 0 fully saturated rings. The maximum Gasteiger partial charge on any atom is 0.338 e. The zero-order chi connectivity index (χ0) is 21.3. The van der Waals surface area contributed by atoms with Gasteiger partial charge in [-0.25, -0.2) is 4.79 Å². The number of furan rings is 1. The number of ether oxygens (including phenoxy) is 1. The highest BCUT2D eigenvalue weighted by Gasteiger charge is 2.15. The maximum atomic E-state index is 12.4. The molecule has 2 aromatic carbocycles. The molecule has 8 nitrogen and oxygen atoms in total. The van der Waals surface area contributed by atoms with Crippen molar-refractivity contribution < 1.29 is 23.5 Å². The number of carbonyl (C=O) groups is 3. The number of para-hydroxylation sites is 1. The number of rotatable bonds is 7. The van der Waals surface area contributed by atoms with Crippen LogP contribution >= 0.6 is 0 Å². The number of nitrogens with zero attached hydrogens (tertiary/aromatic N) is 1. The molecule has 0 unspecified atom stereocenters. The monoisotopic (exact) mass is 403 g/mol. The number of esters is 1. The van der Waals surface area contributed by atoms with Crippen LogP contribution in [0, 0.1) is 11.3 Å². The Bertz CT molecular complexity index is 1100. The zero-order valence-corrected chi connectivity index (χ0v) is 15.8. The van der Waals surface area contributed by atoms with Crippen LogP contribution in [0.4, 0.5) is 5.69 Å². The fourth-order valence-electron chi connectivity index (χ4n) is 2.58. The second-order valence-corrected chi connectivity index (χ2v) is 6.12. The molecule has 0 atom stereocenters. The smallest absolute Gasteiger partial charge is 0.338 e. The number of hydrogen-bond acceptors (Lipinski definition) is 6. The van der Waals surface area contributed by atoms with Crippen molar-refractivity contribution >= 4 is 23.5 Å². The van der Waals surface area contributed by atoms with Gasteiger partial charge in [0.15, 0.2) is 6.61 Å². The minimum atomic E-state index is -0.730. The van der Waals surface area contributed by atoms with Crippen LogP contribution < -0.4 is 10.6 Å². The summed E-state index contributed by atoms with van der Waals surface area (Å²) in [7, 11) is 0. The molecule has 0 aliphatic carbocycles. The van der Waals surface area contributed by atoms with Gasteiger partial charge in [-0.2, -0.15) is 5.26 Å². The van der Waals surface area contributed by atoms with E-state index in [2.05, 4.69) is 10.6 Å². The molecule has 1 aromatic heterocycles. The Balaban J connectivity index is 1.58. The number of nitrogens with one attached hydrogen (secondary N) is 2. The van der Waals surface area contributed by atoms with E-state index >= 15 is 0 Å². The maximum absolute atomic E-state index is 12.4. The SMILES string of the molecule is N#Cc1cccc(C(=O)OCC(=O)Nc2ccccc2C(=O)NCc2ccco2)c1. The normalized spacial score (nSPS) is 9.97. The van der Waals surface area contributed by atoms with Crippen LogP contribution in [-0.2, 0) is 16.1 Å². The molecule has 3 aromatic rings. The van der Waals surface area contributed by atoms with Crippen molar-refractivity contribution in [2.45, 2.75) is 6.54 Å². The first kappa shape index (κ1) is 20.4. The molecule has 30 heavy (non-hydrogen) atoms. The van der Waals surface area contributed by atoms with Crippen LogP contribution in [0.2, 0.25) is 0 Å². The summed E-state index contributed by atoms with van der Waals surface area (Å²) >= 11 is 0. The van der Waals surface area contributed by atoms with Crippen molar-refractivity contribution in [1.29, 1.82) is 5.26 Å². The van der Waals surface area contributed by atoms with E-state index in [-0.39, 0.29) is 23.4 Å². The third-order valence-electron chi connectivity index (χ3n) is 4.01. The first-order chi connectivity index (χ1) is 14.6. The third-order valence-corrected chi connectivity index (χ3v) is 4.01. The average molecular weight is 403 g/mol. The molecule has 8 heteroatoms. The fraction of sp³-hybridized carbons (Fsp3) is 0.0909. The molecule has 3 rings (SSSR count). The Morgan fingerprint density at radius 2 is 1.87 bits per heavy atom. The molecule has 2 amide bonds. The van der Waals surface area contributed by atoms with Gasteiger partial charge < -0.3 is 19.8 Å². The molecule has 2 N–H and O–H groups in total. The number of anilines is 1. The van der Waals surface area contributed by atoms with Crippen molar-refractivity contribution in [3.63, 3.8) is 0 Å². The van der Waals surface area contributed by atoms with Crippen LogP contribution in [0.1, 0.15) is 32.0 Å². The number of nitriles is 1. The van der Waals surface area contributed by atoms with Gasteiger partial charge in [-0.05, 0) is 42.5 Å². The summed E-state index contributed by atoms with van der Waals surface area (Å²) in [6, 6.07) is 17.8. The van der Waals surface area contributed by atoms with Crippen LogP contribution in [0.25, 0.3) is 0 Å². The van der Waals surface area contributed by atoms with Gasteiger partial charge in [-0.1, -0.05) is 18.2 Å². The molecule has 0 radical (unpaired) electrons. The van der Waals surface area contributed by atoms with E-state index in [0.717, 1.165) is 0 Å². The quantitative estimate of drug-likeness (QED) is 0.585. The van der Waals surface area contributed by atoms with E-state index in [1.807, 2.05) is 6.07 Å². The first-order valence-corrected chi connectivity index (χ1v) is 8.93. The predicted octanol–water partition coefficient (Wildman–Crippen LogP) is 2.88. The molecule has 1 heterocycles. The molecule has 0 aliphatic heterocycles. The number of amides is 2. The Kier molecular flexibility index (Phi) is 6.59. The lowest BCUT2D eigenvalue weighted by Crippen LogP contribution is -2.26. The van der Waals surface area contributed by atoms with E-state index in [0.29, 0.717) is 11.3 Å². The molecule has 0 bridgehead atoms. The minimum absolute atomic E-state index is 0.166. The van der Waals surface area contributed by atoms with E-state index in [4.69, 9.17) is 14.4 Å². The highest BCUT2D eigenvalue weighted by molar-refractivity contribution is 6.04. The van der Waals surface area contributed by atoms with Crippen molar-refractivity contribution in [1.82, 2.24) is 5.32 Å². The predicted molar refractivity (Wildman–Crippen MR) is 106 cm³/mol. The lowest BCUT2D eigenvalue weighted by atomic mass is 10.1. The number of benzene rings is 2. The molecule has 150 valence electrons. The second-order valence-electron chi connectivity index (χ2n) is 6.12. The average Bonchev–Trinajstić information content (AvgIpc) is 3.30. The lowest BCUT2D eigenvalue weighted by Gasteiger charge is -2.11. The van der Waals surface area contributed by atoms with Gasteiger partial charge in [0.25, 0.3) is 11.8 Å². The van der Waals surface area contributed by atoms with Crippen molar-refractivity contribution in [2.24, 2.45) is 0 Å². The Labute approximate surface area is 172 Å². The number of hydrogen-bond donors (Lipinski definition) is 2. The molecule has 0 spiro atoms. The van der Waals surface area contributed by atoms with Gasteiger partial charge in [-0.3, -0.25) is 9.59 Å². The van der Waals surface area contributed by atoms with E-state index in [9.17, 15) is 14.4 Å². The van der Waals surface area contributed by atoms with Crippen LogP contribution in [0.15, 0.2) is 71.3 Å². The Morgan fingerprint density at radius 3 is 2.63 bits per heavy atom. The van der Waals surface area contributed by atoms with E-state index < -0.39 is 24.4 Å². The highest BCUT2D eigenvalue weighted by atomic mass is 16.5. The highest BCUT2D eigenvalue weighted by Crippen LogP contribution is 2.15. The fourth-order valence-corrected chi connectivity index (χ4v) is 2.58. The summed E-state index contributed by atoms with van der Waals surface area (Å²) in [5, 5.41) is 14.1. The van der Waals surface area contributed by atoms with Crippen LogP contribution in [0.3, 0.4) is 0 Å². The van der Waals surface area contributed by atoms with Gasteiger partial charge in [0.05, 0.1) is 41.3 Å². The van der Waals surface area contributed by atoms with Gasteiger partial charge in [0, 0.05) is 0 Å². The standard InChI is InChI=1S/C22H17N3O5/c23-12-15-5-3-6-16(11-15)22(28)30-14-20(26)25-19-9-2-1-8-18(19)21(27)24-13-17-7-4-10-29-17/h1-11H,13-14H2,(H,24,27)(H,25,26). The first-order valence-electron chi connectivity index (χ1n) is 8.93. The molecule has 0 saturated carbocycles. The van der Waals surface area contributed by atoms with Gasteiger partial charge in [0.2, 0.25) is 0 Å². The topological polar surface area (TPSA) is 121 Å². The molecular weight excluding hydrogens is 386 g/mol.